The summed E-state index contributed by atoms with van der Waals surface area (Å²) in [7, 11) is 0. The Hall–Kier alpha value is -2.38. The summed E-state index contributed by atoms with van der Waals surface area (Å²) in [5, 5.41) is 6.80. The van der Waals surface area contributed by atoms with Gasteiger partial charge in [-0.3, -0.25) is 14.4 Å². The Morgan fingerprint density at radius 1 is 0.944 bits per heavy atom. The lowest BCUT2D eigenvalue weighted by molar-refractivity contribution is -0.144. The average Bonchev–Trinajstić information content (AvgIpc) is 3.54. The normalized spacial score (nSPS) is 34.1. The van der Waals surface area contributed by atoms with Crippen LogP contribution in [0.4, 0.5) is 5.69 Å². The van der Waals surface area contributed by atoms with Crippen LogP contribution in [-0.2, 0) is 19.1 Å². The molecular formula is C28H34ClN3O4. The summed E-state index contributed by atoms with van der Waals surface area (Å²) < 4.78 is 6.47. The van der Waals surface area contributed by atoms with Gasteiger partial charge in [-0.05, 0) is 49.9 Å². The van der Waals surface area contributed by atoms with Crippen molar-refractivity contribution in [2.24, 2.45) is 11.8 Å². The van der Waals surface area contributed by atoms with Crippen LogP contribution in [0.3, 0.4) is 0 Å². The van der Waals surface area contributed by atoms with Crippen LogP contribution in [0.1, 0.15) is 64.2 Å². The summed E-state index contributed by atoms with van der Waals surface area (Å²) in [5.74, 6) is -1.90. The van der Waals surface area contributed by atoms with Gasteiger partial charge in [-0.2, -0.15) is 0 Å². The van der Waals surface area contributed by atoms with Gasteiger partial charge in [0.25, 0.3) is 0 Å². The van der Waals surface area contributed by atoms with Crippen LogP contribution in [0.5, 0.6) is 0 Å². The molecule has 0 aromatic heterocycles. The number of anilines is 1. The van der Waals surface area contributed by atoms with Gasteiger partial charge in [-0.15, -0.1) is 0 Å². The van der Waals surface area contributed by atoms with Crippen LogP contribution >= 0.6 is 11.6 Å². The lowest BCUT2D eigenvalue weighted by Crippen LogP contribution is -2.58. The molecule has 2 bridgehead atoms. The molecule has 5 atom stereocenters. The molecule has 192 valence electrons. The predicted molar refractivity (Wildman–Crippen MR) is 136 cm³/mol. The topological polar surface area (TPSA) is 87.7 Å². The van der Waals surface area contributed by atoms with Crippen LogP contribution in [0, 0.1) is 11.8 Å². The molecule has 6 rings (SSSR count). The maximum atomic E-state index is 14.1. The molecule has 2 saturated heterocycles. The number of nitrogens with one attached hydrogen (secondary N) is 2. The fraction of sp³-hybridized carbons (Fsp3) is 0.607. The minimum absolute atomic E-state index is 0.00403. The second-order valence-electron chi connectivity index (χ2n) is 11.1. The number of carbonyl (C=O) groups is 3. The first kappa shape index (κ1) is 24.0. The molecule has 36 heavy (non-hydrogen) atoms. The number of carbonyl (C=O) groups excluding carboxylic acids is 3. The minimum atomic E-state index is -1.10. The van der Waals surface area contributed by atoms with Crippen molar-refractivity contribution in [3.63, 3.8) is 0 Å². The third-order valence-electron chi connectivity index (χ3n) is 8.89. The number of likely N-dealkylation sites (tertiary alicyclic amines) is 1. The molecule has 3 heterocycles. The van der Waals surface area contributed by atoms with E-state index in [4.69, 9.17) is 16.3 Å². The van der Waals surface area contributed by atoms with Crippen molar-refractivity contribution in [2.75, 3.05) is 5.32 Å². The number of fused-ring (bicyclic) bond motifs is 1. The molecule has 4 fully saturated rings. The van der Waals surface area contributed by atoms with Crippen LogP contribution in [0.15, 0.2) is 36.4 Å². The number of hydrogen-bond acceptors (Lipinski definition) is 4. The number of hydrogen-bond donors (Lipinski definition) is 2. The fourth-order valence-corrected chi connectivity index (χ4v) is 7.37. The highest BCUT2D eigenvalue weighted by atomic mass is 35.5. The van der Waals surface area contributed by atoms with E-state index in [0.717, 1.165) is 57.8 Å². The van der Waals surface area contributed by atoms with Gasteiger partial charge in [0.1, 0.15) is 11.6 Å². The van der Waals surface area contributed by atoms with E-state index >= 15 is 0 Å². The van der Waals surface area contributed by atoms with Crippen molar-refractivity contribution in [1.82, 2.24) is 10.2 Å². The smallest absolute Gasteiger partial charge is 0.246 e. The highest BCUT2D eigenvalue weighted by Crippen LogP contribution is 2.56. The Morgan fingerprint density at radius 3 is 2.31 bits per heavy atom. The molecular weight excluding hydrogens is 478 g/mol. The maximum absolute atomic E-state index is 14.1. The van der Waals surface area contributed by atoms with E-state index in [0.29, 0.717) is 10.7 Å². The molecule has 7 nitrogen and oxygen atoms in total. The predicted octanol–water partition coefficient (Wildman–Crippen LogP) is 4.21. The molecule has 3 aliphatic heterocycles. The highest BCUT2D eigenvalue weighted by Gasteiger charge is 2.73. The van der Waals surface area contributed by atoms with Crippen molar-refractivity contribution in [3.8, 4) is 0 Å². The highest BCUT2D eigenvalue weighted by molar-refractivity contribution is 6.30. The molecule has 2 aliphatic carbocycles. The summed E-state index contributed by atoms with van der Waals surface area (Å²) in [6, 6.07) is 6.31. The minimum Gasteiger partial charge on any atom is -0.359 e. The molecule has 8 heteroatoms. The van der Waals surface area contributed by atoms with Crippen molar-refractivity contribution in [2.45, 2.75) is 94.0 Å². The number of ether oxygens (including phenoxy) is 1. The first-order valence-corrected chi connectivity index (χ1v) is 13.9. The second-order valence-corrected chi connectivity index (χ2v) is 11.5. The number of halogens is 1. The SMILES string of the molecule is O=C(Nc1ccc(Cl)cc1)[C@@H]1[C@H]2C=C[C@]3(O2)[C@H](C(=O)NC2CCCCC2)N(C2CCCCC2)C(=O)[C@@H]13. The summed E-state index contributed by atoms with van der Waals surface area (Å²) >= 11 is 5.99. The second kappa shape index (κ2) is 9.49. The lowest BCUT2D eigenvalue weighted by Gasteiger charge is -2.39. The summed E-state index contributed by atoms with van der Waals surface area (Å²) in [5.41, 5.74) is -0.480. The number of nitrogens with zero attached hydrogens (tertiary/aromatic N) is 1. The van der Waals surface area contributed by atoms with Gasteiger partial charge in [-0.25, -0.2) is 0 Å². The van der Waals surface area contributed by atoms with Gasteiger partial charge in [0.2, 0.25) is 17.7 Å². The van der Waals surface area contributed by atoms with E-state index in [1.54, 1.807) is 24.3 Å². The van der Waals surface area contributed by atoms with Crippen LogP contribution in [0.2, 0.25) is 5.02 Å². The van der Waals surface area contributed by atoms with E-state index < -0.39 is 29.6 Å². The monoisotopic (exact) mass is 511 g/mol. The molecule has 1 spiro atoms. The lowest BCUT2D eigenvalue weighted by atomic mass is 9.74. The molecule has 0 unspecified atom stereocenters. The molecule has 1 aromatic carbocycles. The summed E-state index contributed by atoms with van der Waals surface area (Å²) in [4.78, 5) is 43.4. The van der Waals surface area contributed by atoms with Crippen molar-refractivity contribution in [3.05, 3.63) is 41.4 Å². The molecule has 5 aliphatic rings. The maximum Gasteiger partial charge on any atom is 0.246 e. The quantitative estimate of drug-likeness (QED) is 0.580. The summed E-state index contributed by atoms with van der Waals surface area (Å²) in [6.07, 6.45) is 13.6. The first-order chi connectivity index (χ1) is 17.5. The third kappa shape index (κ3) is 3.95. The van der Waals surface area contributed by atoms with Gasteiger partial charge < -0.3 is 20.3 Å². The average molecular weight is 512 g/mol. The van der Waals surface area contributed by atoms with Gasteiger partial charge in [-0.1, -0.05) is 62.3 Å². The van der Waals surface area contributed by atoms with Gasteiger partial charge in [0, 0.05) is 22.8 Å². The molecule has 2 saturated carbocycles. The standard InChI is InChI=1S/C28H34ClN3O4/c29-17-11-13-19(14-12-17)30-25(33)22-21-15-16-28(36-21)23(22)27(35)32(20-9-5-2-6-10-20)24(28)26(34)31-18-7-3-1-4-8-18/h11-16,18,20-24H,1-10H2,(H,30,33)(H,31,34)/t21-,22-,23-,24+,28-/m1/s1. The molecule has 3 amide bonds. The van der Waals surface area contributed by atoms with E-state index in [9.17, 15) is 14.4 Å². The Morgan fingerprint density at radius 2 is 1.61 bits per heavy atom. The zero-order valence-corrected chi connectivity index (χ0v) is 21.2. The Labute approximate surface area is 217 Å². The van der Waals surface area contributed by atoms with E-state index in [1.807, 2.05) is 17.1 Å². The Balaban J connectivity index is 1.31. The van der Waals surface area contributed by atoms with Crippen LogP contribution in [0.25, 0.3) is 0 Å². The van der Waals surface area contributed by atoms with Gasteiger partial charge in [0.15, 0.2) is 0 Å². The number of benzene rings is 1. The Kier molecular flexibility index (Phi) is 6.32. The van der Waals surface area contributed by atoms with Crippen molar-refractivity contribution in [1.29, 1.82) is 0 Å². The van der Waals surface area contributed by atoms with Crippen molar-refractivity contribution < 1.29 is 19.1 Å². The van der Waals surface area contributed by atoms with Crippen LogP contribution < -0.4 is 10.6 Å². The van der Waals surface area contributed by atoms with Gasteiger partial charge >= 0.3 is 0 Å². The zero-order valence-electron chi connectivity index (χ0n) is 20.5. The van der Waals surface area contributed by atoms with E-state index in [-0.39, 0.29) is 29.8 Å². The van der Waals surface area contributed by atoms with Gasteiger partial charge in [0.05, 0.1) is 17.9 Å². The number of rotatable bonds is 5. The van der Waals surface area contributed by atoms with E-state index in [2.05, 4.69) is 10.6 Å². The largest absolute Gasteiger partial charge is 0.359 e. The van der Waals surface area contributed by atoms with E-state index in [1.165, 1.54) is 6.42 Å². The zero-order chi connectivity index (χ0) is 24.9. The van der Waals surface area contributed by atoms with Crippen molar-refractivity contribution >= 4 is 35.0 Å². The first-order valence-electron chi connectivity index (χ1n) is 13.5. The summed E-state index contributed by atoms with van der Waals surface area (Å²) in [6.45, 7) is 0. The number of amides is 3. The Bertz CT molecular complexity index is 1060. The molecule has 0 radical (unpaired) electrons. The van der Waals surface area contributed by atoms with Crippen LogP contribution in [-0.4, -0.2) is 52.5 Å². The fourth-order valence-electron chi connectivity index (χ4n) is 7.24. The molecule has 1 aromatic rings. The molecule has 2 N–H and O–H groups in total. The third-order valence-corrected chi connectivity index (χ3v) is 9.15.